The molecule has 2 N–H and O–H groups in total. The summed E-state index contributed by atoms with van der Waals surface area (Å²) in [6, 6.07) is 0.889. The zero-order valence-corrected chi connectivity index (χ0v) is 12.8. The van der Waals surface area contributed by atoms with Gasteiger partial charge in [0.1, 0.15) is 11.6 Å². The summed E-state index contributed by atoms with van der Waals surface area (Å²) in [6.45, 7) is 6.48. The number of hydrogen-bond donors (Lipinski definition) is 1. The molecule has 0 amide bonds. The van der Waals surface area contributed by atoms with Crippen LogP contribution in [0.1, 0.15) is 55.5 Å². The quantitative estimate of drug-likeness (QED) is 0.854. The first-order chi connectivity index (χ1) is 10.2. The van der Waals surface area contributed by atoms with Gasteiger partial charge in [0, 0.05) is 19.0 Å². The van der Waals surface area contributed by atoms with E-state index in [9.17, 15) is 4.79 Å². The summed E-state index contributed by atoms with van der Waals surface area (Å²) in [7, 11) is 0. The monoisotopic (exact) mass is 292 g/mol. The van der Waals surface area contributed by atoms with Gasteiger partial charge in [0.2, 0.25) is 0 Å². The SMILES string of the molecule is CCOC(=O)c1nc(CC)n(C2CCN3CCCC23)c1N. The van der Waals surface area contributed by atoms with Gasteiger partial charge in [-0.2, -0.15) is 0 Å². The molecular weight excluding hydrogens is 268 g/mol. The molecular formula is C15H24N4O2. The van der Waals surface area contributed by atoms with E-state index in [1.54, 1.807) is 6.92 Å². The summed E-state index contributed by atoms with van der Waals surface area (Å²) >= 11 is 0. The Labute approximate surface area is 125 Å². The summed E-state index contributed by atoms with van der Waals surface area (Å²) in [4.78, 5) is 19.0. The molecule has 2 aliphatic rings. The van der Waals surface area contributed by atoms with Crippen LogP contribution in [0, 0.1) is 0 Å². The van der Waals surface area contributed by atoms with Gasteiger partial charge < -0.3 is 15.0 Å². The summed E-state index contributed by atoms with van der Waals surface area (Å²) in [6.07, 6.45) is 4.31. The Bertz CT molecular complexity index is 540. The first kappa shape index (κ1) is 14.4. The van der Waals surface area contributed by atoms with Crippen LogP contribution in [-0.2, 0) is 11.2 Å². The van der Waals surface area contributed by atoms with Crippen LogP contribution in [0.25, 0.3) is 0 Å². The predicted octanol–water partition coefficient (Wildman–Crippen LogP) is 1.61. The number of hydrogen-bond acceptors (Lipinski definition) is 5. The van der Waals surface area contributed by atoms with Crippen molar-refractivity contribution in [1.29, 1.82) is 0 Å². The second kappa shape index (κ2) is 5.67. The lowest BCUT2D eigenvalue weighted by Gasteiger charge is -2.24. The van der Waals surface area contributed by atoms with Crippen molar-refractivity contribution in [1.82, 2.24) is 14.5 Å². The van der Waals surface area contributed by atoms with Crippen LogP contribution in [0.4, 0.5) is 5.82 Å². The van der Waals surface area contributed by atoms with E-state index in [0.29, 0.717) is 24.5 Å². The average molecular weight is 292 g/mol. The van der Waals surface area contributed by atoms with Gasteiger partial charge >= 0.3 is 5.97 Å². The first-order valence-corrected chi connectivity index (χ1v) is 7.95. The van der Waals surface area contributed by atoms with Crippen LogP contribution in [0.5, 0.6) is 0 Å². The molecule has 6 nitrogen and oxygen atoms in total. The molecule has 1 aromatic rings. The van der Waals surface area contributed by atoms with E-state index in [0.717, 1.165) is 25.2 Å². The Morgan fingerprint density at radius 3 is 2.86 bits per heavy atom. The van der Waals surface area contributed by atoms with Gasteiger partial charge in [-0.25, -0.2) is 9.78 Å². The number of ether oxygens (including phenoxy) is 1. The van der Waals surface area contributed by atoms with E-state index in [2.05, 4.69) is 21.4 Å². The number of aryl methyl sites for hydroxylation is 1. The molecule has 0 radical (unpaired) electrons. The Hall–Kier alpha value is -1.56. The lowest BCUT2D eigenvalue weighted by Crippen LogP contribution is -2.29. The van der Waals surface area contributed by atoms with Crippen LogP contribution in [0.15, 0.2) is 0 Å². The minimum Gasteiger partial charge on any atom is -0.461 e. The fourth-order valence-electron chi connectivity index (χ4n) is 3.82. The van der Waals surface area contributed by atoms with E-state index >= 15 is 0 Å². The Morgan fingerprint density at radius 2 is 2.14 bits per heavy atom. The fourth-order valence-corrected chi connectivity index (χ4v) is 3.82. The number of aromatic nitrogens is 2. The molecule has 2 unspecified atom stereocenters. The van der Waals surface area contributed by atoms with Crippen molar-refractivity contribution >= 4 is 11.8 Å². The van der Waals surface area contributed by atoms with Gasteiger partial charge in [-0.3, -0.25) is 4.90 Å². The van der Waals surface area contributed by atoms with Gasteiger partial charge in [0.05, 0.1) is 12.6 Å². The molecule has 116 valence electrons. The third-order valence-corrected chi connectivity index (χ3v) is 4.71. The normalized spacial score (nSPS) is 25.2. The number of nitrogens with two attached hydrogens (primary N) is 1. The number of nitrogens with zero attached hydrogens (tertiary/aromatic N) is 3. The highest BCUT2D eigenvalue weighted by atomic mass is 16.5. The molecule has 0 bridgehead atoms. The number of carbonyl (C=O) groups excluding carboxylic acids is 1. The van der Waals surface area contributed by atoms with Crippen molar-refractivity contribution in [3.8, 4) is 0 Å². The Kier molecular flexibility index (Phi) is 3.89. The maximum atomic E-state index is 12.0. The Morgan fingerprint density at radius 1 is 1.33 bits per heavy atom. The molecule has 2 fully saturated rings. The van der Waals surface area contributed by atoms with Crippen LogP contribution in [0.3, 0.4) is 0 Å². The molecule has 2 aliphatic heterocycles. The van der Waals surface area contributed by atoms with Gasteiger partial charge in [0.25, 0.3) is 0 Å². The molecule has 2 saturated heterocycles. The summed E-state index contributed by atoms with van der Waals surface area (Å²) in [5.41, 5.74) is 6.54. The molecule has 0 aliphatic carbocycles. The van der Waals surface area contributed by atoms with Crippen molar-refractivity contribution < 1.29 is 9.53 Å². The second-order valence-electron chi connectivity index (χ2n) is 5.81. The van der Waals surface area contributed by atoms with E-state index in [-0.39, 0.29) is 5.69 Å². The van der Waals surface area contributed by atoms with Crippen molar-refractivity contribution in [3.63, 3.8) is 0 Å². The molecule has 6 heteroatoms. The highest BCUT2D eigenvalue weighted by Gasteiger charge is 2.40. The average Bonchev–Trinajstić information content (AvgIpc) is 3.13. The smallest absolute Gasteiger partial charge is 0.360 e. The molecule has 2 atom stereocenters. The maximum Gasteiger partial charge on any atom is 0.360 e. The van der Waals surface area contributed by atoms with Crippen LogP contribution in [-0.4, -0.2) is 46.2 Å². The van der Waals surface area contributed by atoms with Crippen LogP contribution >= 0.6 is 0 Å². The molecule has 0 aromatic carbocycles. The minimum atomic E-state index is -0.412. The van der Waals surface area contributed by atoms with Crippen molar-refractivity contribution in [3.05, 3.63) is 11.5 Å². The largest absolute Gasteiger partial charge is 0.461 e. The molecule has 3 rings (SSSR count). The van der Waals surface area contributed by atoms with E-state index in [1.165, 1.54) is 19.4 Å². The lowest BCUT2D eigenvalue weighted by molar-refractivity contribution is 0.0521. The molecule has 0 spiro atoms. The number of anilines is 1. The van der Waals surface area contributed by atoms with E-state index in [4.69, 9.17) is 10.5 Å². The molecule has 1 aromatic heterocycles. The van der Waals surface area contributed by atoms with Gasteiger partial charge in [-0.15, -0.1) is 0 Å². The third-order valence-electron chi connectivity index (χ3n) is 4.71. The van der Waals surface area contributed by atoms with E-state index < -0.39 is 5.97 Å². The number of nitrogen functional groups attached to an aromatic ring is 1. The fraction of sp³-hybridized carbons (Fsp3) is 0.733. The third kappa shape index (κ3) is 2.31. The first-order valence-electron chi connectivity index (χ1n) is 7.95. The van der Waals surface area contributed by atoms with Gasteiger partial charge in [-0.05, 0) is 32.7 Å². The zero-order valence-electron chi connectivity index (χ0n) is 12.8. The lowest BCUT2D eigenvalue weighted by atomic mass is 10.1. The van der Waals surface area contributed by atoms with Crippen LogP contribution in [0.2, 0.25) is 0 Å². The van der Waals surface area contributed by atoms with Crippen LogP contribution < -0.4 is 5.73 Å². The number of carbonyl (C=O) groups is 1. The number of esters is 1. The minimum absolute atomic E-state index is 0.283. The highest BCUT2D eigenvalue weighted by molar-refractivity contribution is 5.92. The number of imidazole rings is 1. The van der Waals surface area contributed by atoms with Gasteiger partial charge in [0.15, 0.2) is 5.69 Å². The van der Waals surface area contributed by atoms with Crippen molar-refractivity contribution in [2.24, 2.45) is 0 Å². The zero-order chi connectivity index (χ0) is 15.0. The number of rotatable bonds is 4. The summed E-state index contributed by atoms with van der Waals surface area (Å²) in [5.74, 6) is 0.961. The highest BCUT2D eigenvalue weighted by Crippen LogP contribution is 2.38. The molecule has 21 heavy (non-hydrogen) atoms. The van der Waals surface area contributed by atoms with Crippen molar-refractivity contribution in [2.45, 2.75) is 51.6 Å². The topological polar surface area (TPSA) is 73.4 Å². The standard InChI is InChI=1S/C15H24N4O2/c1-3-12-17-13(15(20)21-4-2)14(16)19(12)11-7-9-18-8-5-6-10(11)18/h10-11H,3-9,16H2,1-2H3. The number of fused-ring (bicyclic) bond motifs is 1. The van der Waals surface area contributed by atoms with Gasteiger partial charge in [-0.1, -0.05) is 6.92 Å². The summed E-state index contributed by atoms with van der Waals surface area (Å²) < 4.78 is 7.17. The second-order valence-corrected chi connectivity index (χ2v) is 5.81. The molecule has 0 saturated carbocycles. The van der Waals surface area contributed by atoms with E-state index in [1.807, 2.05) is 0 Å². The summed E-state index contributed by atoms with van der Waals surface area (Å²) in [5, 5.41) is 0. The van der Waals surface area contributed by atoms with Crippen molar-refractivity contribution in [2.75, 3.05) is 25.4 Å². The maximum absolute atomic E-state index is 12.0. The Balaban J connectivity index is 1.96. The molecule has 3 heterocycles. The predicted molar refractivity (Wildman–Crippen MR) is 80.2 cm³/mol.